The summed E-state index contributed by atoms with van der Waals surface area (Å²) in [5.74, 6) is 0.890. The highest BCUT2D eigenvalue weighted by Crippen LogP contribution is 2.22. The van der Waals surface area contributed by atoms with Gasteiger partial charge in [-0.25, -0.2) is 0 Å². The molecule has 0 aliphatic carbocycles. The van der Waals surface area contributed by atoms with E-state index in [0.29, 0.717) is 0 Å². The van der Waals surface area contributed by atoms with Gasteiger partial charge in [-0.15, -0.1) is 11.3 Å². The van der Waals surface area contributed by atoms with Crippen LogP contribution in [0.5, 0.6) is 0 Å². The van der Waals surface area contributed by atoms with E-state index >= 15 is 0 Å². The van der Waals surface area contributed by atoms with Gasteiger partial charge in [0.15, 0.2) is 0 Å². The molecule has 102 valence electrons. The molecule has 0 unspecified atom stereocenters. The summed E-state index contributed by atoms with van der Waals surface area (Å²) in [7, 11) is 0. The maximum atomic E-state index is 3.54. The summed E-state index contributed by atoms with van der Waals surface area (Å²) in [6.45, 7) is 8.29. The summed E-state index contributed by atoms with van der Waals surface area (Å²) >= 11 is 5.41. The van der Waals surface area contributed by atoms with Crippen LogP contribution in [0.15, 0.2) is 15.9 Å². The topological polar surface area (TPSA) is 15.3 Å². The minimum Gasteiger partial charge on any atom is -0.317 e. The van der Waals surface area contributed by atoms with Crippen molar-refractivity contribution in [2.75, 3.05) is 26.2 Å². The molecule has 1 aliphatic rings. The van der Waals surface area contributed by atoms with Gasteiger partial charge in [-0.05, 0) is 66.8 Å². The SMILES string of the molecule is CCCN(Cc1cc(Br)cs1)CC1CCNCC1. The monoisotopic (exact) mass is 330 g/mol. The standard InChI is InChI=1S/C14H23BrN2S/c1-2-7-17(9-12-3-5-16-6-4-12)10-14-8-13(15)11-18-14/h8,11-12,16H,2-7,9-10H2,1H3. The number of hydrogen-bond acceptors (Lipinski definition) is 3. The molecule has 1 aliphatic heterocycles. The second-order valence-electron chi connectivity index (χ2n) is 5.16. The summed E-state index contributed by atoms with van der Waals surface area (Å²) in [6, 6.07) is 2.26. The second-order valence-corrected chi connectivity index (χ2v) is 7.07. The molecule has 2 rings (SSSR count). The number of thiophene rings is 1. The number of nitrogens with one attached hydrogen (secondary N) is 1. The average Bonchev–Trinajstić information content (AvgIpc) is 2.76. The Hall–Kier alpha value is 0.1000. The maximum Gasteiger partial charge on any atom is 0.0328 e. The molecule has 1 aromatic rings. The van der Waals surface area contributed by atoms with Crippen LogP contribution in [0, 0.1) is 5.92 Å². The second kappa shape index (κ2) is 7.63. The number of rotatable bonds is 6. The van der Waals surface area contributed by atoms with Crippen molar-refractivity contribution >= 4 is 27.3 Å². The van der Waals surface area contributed by atoms with Gasteiger partial charge < -0.3 is 5.32 Å². The van der Waals surface area contributed by atoms with Crippen molar-refractivity contribution < 1.29 is 0 Å². The molecular weight excluding hydrogens is 308 g/mol. The Kier molecular flexibility index (Phi) is 6.15. The normalized spacial score (nSPS) is 17.5. The molecule has 18 heavy (non-hydrogen) atoms. The number of piperidine rings is 1. The van der Waals surface area contributed by atoms with Gasteiger partial charge in [0, 0.05) is 27.8 Å². The first-order chi connectivity index (χ1) is 8.78. The first kappa shape index (κ1) is 14.5. The van der Waals surface area contributed by atoms with Gasteiger partial charge >= 0.3 is 0 Å². The third-order valence-electron chi connectivity index (χ3n) is 3.52. The first-order valence-corrected chi connectivity index (χ1v) is 8.61. The molecule has 1 aromatic heterocycles. The predicted octanol–water partition coefficient (Wildman–Crippen LogP) is 3.72. The molecule has 0 amide bonds. The quantitative estimate of drug-likeness (QED) is 0.855. The molecule has 0 radical (unpaired) electrons. The van der Waals surface area contributed by atoms with E-state index in [0.717, 1.165) is 12.5 Å². The number of hydrogen-bond donors (Lipinski definition) is 1. The predicted molar refractivity (Wildman–Crippen MR) is 83.2 cm³/mol. The van der Waals surface area contributed by atoms with Crippen molar-refractivity contribution in [3.8, 4) is 0 Å². The molecule has 1 N–H and O–H groups in total. The average molecular weight is 331 g/mol. The Bertz CT molecular complexity index is 347. The molecule has 0 aromatic carbocycles. The number of nitrogens with zero attached hydrogens (tertiary/aromatic N) is 1. The fourth-order valence-electron chi connectivity index (χ4n) is 2.64. The van der Waals surface area contributed by atoms with E-state index < -0.39 is 0 Å². The van der Waals surface area contributed by atoms with Crippen LogP contribution < -0.4 is 5.32 Å². The van der Waals surface area contributed by atoms with Crippen molar-refractivity contribution in [3.63, 3.8) is 0 Å². The summed E-state index contributed by atoms with van der Waals surface area (Å²) in [4.78, 5) is 4.11. The first-order valence-electron chi connectivity index (χ1n) is 6.94. The zero-order chi connectivity index (χ0) is 12.8. The van der Waals surface area contributed by atoms with Crippen molar-refractivity contribution in [2.45, 2.75) is 32.7 Å². The summed E-state index contributed by atoms with van der Waals surface area (Å²) in [5, 5.41) is 5.63. The largest absolute Gasteiger partial charge is 0.317 e. The highest BCUT2D eigenvalue weighted by atomic mass is 79.9. The van der Waals surface area contributed by atoms with Gasteiger partial charge in [0.1, 0.15) is 0 Å². The fraction of sp³-hybridized carbons (Fsp3) is 0.714. The Morgan fingerprint density at radius 2 is 2.22 bits per heavy atom. The lowest BCUT2D eigenvalue weighted by Crippen LogP contribution is -2.36. The maximum absolute atomic E-state index is 3.54. The van der Waals surface area contributed by atoms with Gasteiger partial charge in [0.25, 0.3) is 0 Å². The summed E-state index contributed by atoms with van der Waals surface area (Å²) in [6.07, 6.45) is 3.93. The van der Waals surface area contributed by atoms with E-state index in [2.05, 4.69) is 44.5 Å². The number of halogens is 1. The van der Waals surface area contributed by atoms with Crippen LogP contribution in [0.4, 0.5) is 0 Å². The minimum absolute atomic E-state index is 0.890. The van der Waals surface area contributed by atoms with Crippen LogP contribution >= 0.6 is 27.3 Å². The molecule has 1 saturated heterocycles. The highest BCUT2D eigenvalue weighted by Gasteiger charge is 2.17. The molecule has 4 heteroatoms. The van der Waals surface area contributed by atoms with Crippen molar-refractivity contribution in [3.05, 3.63) is 20.8 Å². The smallest absolute Gasteiger partial charge is 0.0328 e. The zero-order valence-electron chi connectivity index (χ0n) is 11.1. The minimum atomic E-state index is 0.890. The van der Waals surface area contributed by atoms with E-state index in [4.69, 9.17) is 0 Å². The lowest BCUT2D eigenvalue weighted by Gasteiger charge is -2.29. The van der Waals surface area contributed by atoms with Gasteiger partial charge in [-0.1, -0.05) is 6.92 Å². The van der Waals surface area contributed by atoms with Gasteiger partial charge in [0.05, 0.1) is 0 Å². The lowest BCUT2D eigenvalue weighted by atomic mass is 9.97. The highest BCUT2D eigenvalue weighted by molar-refractivity contribution is 9.10. The molecule has 0 saturated carbocycles. The van der Waals surface area contributed by atoms with E-state index in [9.17, 15) is 0 Å². The van der Waals surface area contributed by atoms with E-state index in [1.54, 1.807) is 0 Å². The van der Waals surface area contributed by atoms with Crippen molar-refractivity contribution in [1.82, 2.24) is 10.2 Å². The van der Waals surface area contributed by atoms with Crippen LogP contribution in [0.3, 0.4) is 0 Å². The van der Waals surface area contributed by atoms with Crippen molar-refractivity contribution in [2.24, 2.45) is 5.92 Å². The van der Waals surface area contributed by atoms with Crippen molar-refractivity contribution in [1.29, 1.82) is 0 Å². The van der Waals surface area contributed by atoms with Crippen LogP contribution in [0.25, 0.3) is 0 Å². The third-order valence-corrected chi connectivity index (χ3v) is 5.20. The van der Waals surface area contributed by atoms with Gasteiger partial charge in [0.2, 0.25) is 0 Å². The van der Waals surface area contributed by atoms with E-state index in [1.165, 1.54) is 54.8 Å². The Morgan fingerprint density at radius 1 is 1.44 bits per heavy atom. The Morgan fingerprint density at radius 3 is 2.83 bits per heavy atom. The Labute approximate surface area is 123 Å². The molecule has 0 bridgehead atoms. The molecular formula is C14H23BrN2S. The summed E-state index contributed by atoms with van der Waals surface area (Å²) in [5.41, 5.74) is 0. The lowest BCUT2D eigenvalue weighted by molar-refractivity contribution is 0.200. The van der Waals surface area contributed by atoms with Crippen LogP contribution in [0.1, 0.15) is 31.1 Å². The van der Waals surface area contributed by atoms with Gasteiger partial charge in [-0.3, -0.25) is 4.90 Å². The molecule has 0 atom stereocenters. The Balaban J connectivity index is 1.86. The fourth-order valence-corrected chi connectivity index (χ4v) is 4.13. The summed E-state index contributed by atoms with van der Waals surface area (Å²) < 4.78 is 1.22. The van der Waals surface area contributed by atoms with Crippen LogP contribution in [0.2, 0.25) is 0 Å². The zero-order valence-corrected chi connectivity index (χ0v) is 13.5. The molecule has 2 nitrogen and oxygen atoms in total. The van der Waals surface area contributed by atoms with E-state index in [-0.39, 0.29) is 0 Å². The third kappa shape index (κ3) is 4.65. The molecule has 0 spiro atoms. The van der Waals surface area contributed by atoms with Gasteiger partial charge in [-0.2, -0.15) is 0 Å². The molecule has 1 fully saturated rings. The van der Waals surface area contributed by atoms with E-state index in [1.807, 2.05) is 11.3 Å². The molecule has 2 heterocycles. The van der Waals surface area contributed by atoms with Crippen LogP contribution in [-0.4, -0.2) is 31.1 Å². The van der Waals surface area contributed by atoms with Crippen LogP contribution in [-0.2, 0) is 6.54 Å².